The molecule has 5 N–H and O–H groups in total. The molecule has 0 saturated heterocycles. The summed E-state index contributed by atoms with van der Waals surface area (Å²) in [6.45, 7) is 0.652. The van der Waals surface area contributed by atoms with Gasteiger partial charge in [0.25, 0.3) is 11.8 Å². The van der Waals surface area contributed by atoms with Crippen molar-refractivity contribution in [2.45, 2.75) is 38.6 Å². The molecule has 1 aliphatic rings. The van der Waals surface area contributed by atoms with E-state index in [0.29, 0.717) is 23.8 Å². The van der Waals surface area contributed by atoms with Gasteiger partial charge in [-0.1, -0.05) is 36.9 Å². The Kier molecular flexibility index (Phi) is 8.37. The third-order valence-electron chi connectivity index (χ3n) is 5.37. The lowest BCUT2D eigenvalue weighted by atomic mass is 9.90. The normalized spacial score (nSPS) is 14.5. The van der Waals surface area contributed by atoms with E-state index in [-0.39, 0.29) is 28.4 Å². The number of carbonyl (C=O) groups excluding carboxylic acids is 2. The average Bonchev–Trinajstić information content (AvgIpc) is 2.77. The summed E-state index contributed by atoms with van der Waals surface area (Å²) in [6, 6.07) is 8.76. The Morgan fingerprint density at radius 3 is 2.42 bits per heavy atom. The SMILES string of the molecule is NC(=O)c1cc(CNC(=O)c2ccc(OP(=O)(O)O)c(Cl)c2)ccc1OCC1CCCCC1. The molecule has 0 radical (unpaired) electrons. The maximum Gasteiger partial charge on any atom is 0.524 e. The van der Waals surface area contributed by atoms with E-state index in [1.165, 1.54) is 37.5 Å². The lowest BCUT2D eigenvalue weighted by Crippen LogP contribution is -2.23. The molecule has 0 bridgehead atoms. The molecule has 2 aromatic carbocycles. The number of phosphoric ester groups is 1. The number of ether oxygens (including phenoxy) is 1. The second-order valence-corrected chi connectivity index (χ2v) is 9.49. The highest BCUT2D eigenvalue weighted by Crippen LogP contribution is 2.40. The third kappa shape index (κ3) is 7.47. The molecule has 178 valence electrons. The number of benzene rings is 2. The molecule has 9 nitrogen and oxygen atoms in total. The van der Waals surface area contributed by atoms with E-state index in [2.05, 4.69) is 9.84 Å². The van der Waals surface area contributed by atoms with Gasteiger partial charge in [-0.2, -0.15) is 0 Å². The number of nitrogens with one attached hydrogen (secondary N) is 1. The fourth-order valence-electron chi connectivity index (χ4n) is 3.70. The fraction of sp³-hybridized carbons (Fsp3) is 0.364. The van der Waals surface area contributed by atoms with Gasteiger partial charge in [0, 0.05) is 12.1 Å². The lowest BCUT2D eigenvalue weighted by molar-refractivity contribution is 0.0950. The number of nitrogens with two attached hydrogens (primary N) is 1. The van der Waals surface area contributed by atoms with Crippen molar-refractivity contribution < 1.29 is 33.2 Å². The monoisotopic (exact) mass is 496 g/mol. The maximum atomic E-state index is 12.4. The number of hydrogen-bond donors (Lipinski definition) is 4. The number of phosphoric acid groups is 1. The van der Waals surface area contributed by atoms with Crippen LogP contribution >= 0.6 is 19.4 Å². The molecule has 1 fully saturated rings. The molecule has 2 amide bonds. The van der Waals surface area contributed by atoms with Gasteiger partial charge in [-0.15, -0.1) is 0 Å². The lowest BCUT2D eigenvalue weighted by Gasteiger charge is -2.22. The molecule has 11 heteroatoms. The van der Waals surface area contributed by atoms with Crippen LogP contribution in [0.5, 0.6) is 11.5 Å². The Morgan fingerprint density at radius 1 is 1.09 bits per heavy atom. The minimum Gasteiger partial charge on any atom is -0.492 e. The highest BCUT2D eigenvalue weighted by molar-refractivity contribution is 7.46. The van der Waals surface area contributed by atoms with Crippen LogP contribution in [0, 0.1) is 5.92 Å². The molecular weight excluding hydrogens is 471 g/mol. The second kappa shape index (κ2) is 11.0. The van der Waals surface area contributed by atoms with Crippen LogP contribution in [0.25, 0.3) is 0 Å². The van der Waals surface area contributed by atoms with Gasteiger partial charge in [-0.25, -0.2) is 4.57 Å². The minimum atomic E-state index is -4.77. The molecule has 1 aliphatic carbocycles. The summed E-state index contributed by atoms with van der Waals surface area (Å²) in [6.07, 6.45) is 5.87. The molecule has 2 aromatic rings. The van der Waals surface area contributed by atoms with Crippen LogP contribution in [0.1, 0.15) is 58.4 Å². The van der Waals surface area contributed by atoms with Crippen molar-refractivity contribution in [1.82, 2.24) is 5.32 Å². The zero-order chi connectivity index (χ0) is 24.0. The summed E-state index contributed by atoms with van der Waals surface area (Å²) in [4.78, 5) is 42.1. The van der Waals surface area contributed by atoms with Gasteiger partial charge in [0.15, 0.2) is 0 Å². The van der Waals surface area contributed by atoms with Gasteiger partial charge in [0.05, 0.1) is 17.2 Å². The van der Waals surface area contributed by atoms with E-state index < -0.39 is 19.6 Å². The van der Waals surface area contributed by atoms with E-state index in [0.717, 1.165) is 12.8 Å². The largest absolute Gasteiger partial charge is 0.524 e. The van der Waals surface area contributed by atoms with Gasteiger partial charge >= 0.3 is 7.82 Å². The summed E-state index contributed by atoms with van der Waals surface area (Å²) >= 11 is 5.94. The van der Waals surface area contributed by atoms with Crippen molar-refractivity contribution in [1.29, 1.82) is 0 Å². The van der Waals surface area contributed by atoms with Crippen molar-refractivity contribution >= 4 is 31.2 Å². The number of carbonyl (C=O) groups is 2. The maximum absolute atomic E-state index is 12.4. The van der Waals surface area contributed by atoms with Crippen molar-refractivity contribution in [2.75, 3.05) is 6.61 Å². The Hall–Kier alpha value is -2.58. The first kappa shape index (κ1) is 25.1. The molecule has 0 atom stereocenters. The number of amides is 2. The van der Waals surface area contributed by atoms with E-state index in [4.69, 9.17) is 31.9 Å². The molecule has 0 spiro atoms. The molecule has 0 unspecified atom stereocenters. The predicted octanol–water partition coefficient (Wildman–Crippen LogP) is 3.80. The van der Waals surface area contributed by atoms with Gasteiger partial charge in [0.2, 0.25) is 0 Å². The smallest absolute Gasteiger partial charge is 0.492 e. The Morgan fingerprint density at radius 2 is 1.79 bits per heavy atom. The van der Waals surface area contributed by atoms with Gasteiger partial charge in [-0.3, -0.25) is 19.4 Å². The third-order valence-corrected chi connectivity index (χ3v) is 6.10. The molecule has 0 aliphatic heterocycles. The van der Waals surface area contributed by atoms with Crippen LogP contribution < -0.4 is 20.3 Å². The van der Waals surface area contributed by atoms with Crippen LogP contribution in [0.2, 0.25) is 5.02 Å². The number of halogens is 1. The number of rotatable bonds is 9. The van der Waals surface area contributed by atoms with Crippen LogP contribution in [0.3, 0.4) is 0 Å². The minimum absolute atomic E-state index is 0.111. The van der Waals surface area contributed by atoms with Crippen LogP contribution in [-0.4, -0.2) is 28.2 Å². The summed E-state index contributed by atoms with van der Waals surface area (Å²) < 4.78 is 21.3. The molecule has 0 heterocycles. The average molecular weight is 497 g/mol. The molecule has 1 saturated carbocycles. The van der Waals surface area contributed by atoms with Gasteiger partial charge in [0.1, 0.15) is 11.5 Å². The van der Waals surface area contributed by atoms with E-state index in [9.17, 15) is 14.2 Å². The van der Waals surface area contributed by atoms with Crippen molar-refractivity contribution in [3.63, 3.8) is 0 Å². The first-order valence-electron chi connectivity index (χ1n) is 10.5. The summed E-state index contributed by atoms with van der Waals surface area (Å²) in [7, 11) is -4.77. The first-order valence-corrected chi connectivity index (χ1v) is 12.4. The Bertz CT molecular complexity index is 1070. The van der Waals surface area contributed by atoms with Gasteiger partial charge in [-0.05, 0) is 54.7 Å². The van der Waals surface area contributed by atoms with Crippen LogP contribution in [0.15, 0.2) is 36.4 Å². The van der Waals surface area contributed by atoms with Crippen LogP contribution in [-0.2, 0) is 11.1 Å². The second-order valence-electron chi connectivity index (χ2n) is 7.92. The highest BCUT2D eigenvalue weighted by Gasteiger charge is 2.20. The quantitative estimate of drug-likeness (QED) is 0.386. The summed E-state index contributed by atoms with van der Waals surface area (Å²) in [5, 5.41) is 2.57. The molecular formula is C22H26ClN2O7P. The number of hydrogen-bond acceptors (Lipinski definition) is 5. The predicted molar refractivity (Wildman–Crippen MR) is 122 cm³/mol. The Balaban J connectivity index is 1.62. The zero-order valence-corrected chi connectivity index (χ0v) is 19.5. The van der Waals surface area contributed by atoms with E-state index in [1.807, 2.05) is 0 Å². The van der Waals surface area contributed by atoms with Crippen molar-refractivity contribution in [3.8, 4) is 11.5 Å². The topological polar surface area (TPSA) is 148 Å². The summed E-state index contributed by atoms with van der Waals surface area (Å²) in [5.41, 5.74) is 6.59. The standard InChI is InChI=1S/C22H26ClN2O7P/c23-18-11-16(7-9-20(18)32-33(28,29)30)22(27)25-12-15-6-8-19(17(10-15)21(24)26)31-13-14-4-2-1-3-5-14/h6-11,14H,1-5,12-13H2,(H2,24,26)(H,25,27)(H2,28,29,30). The highest BCUT2D eigenvalue weighted by atomic mass is 35.5. The number of primary amides is 1. The fourth-order valence-corrected chi connectivity index (χ4v) is 4.38. The van der Waals surface area contributed by atoms with Crippen molar-refractivity contribution in [2.24, 2.45) is 11.7 Å². The molecule has 0 aromatic heterocycles. The Labute approximate surface area is 196 Å². The van der Waals surface area contributed by atoms with E-state index in [1.54, 1.807) is 18.2 Å². The summed E-state index contributed by atoms with van der Waals surface area (Å²) in [5.74, 6) is -0.428. The molecule has 3 rings (SSSR count). The molecule has 33 heavy (non-hydrogen) atoms. The van der Waals surface area contributed by atoms with Crippen molar-refractivity contribution in [3.05, 3.63) is 58.1 Å². The first-order chi connectivity index (χ1) is 15.6. The van der Waals surface area contributed by atoms with Crippen LogP contribution in [0.4, 0.5) is 0 Å². The zero-order valence-electron chi connectivity index (χ0n) is 17.8. The van der Waals surface area contributed by atoms with Gasteiger partial charge < -0.3 is 20.3 Å². The van der Waals surface area contributed by atoms with E-state index >= 15 is 0 Å².